The summed E-state index contributed by atoms with van der Waals surface area (Å²) in [5.41, 5.74) is 0.807. The molecule has 0 bridgehead atoms. The van der Waals surface area contributed by atoms with Crippen molar-refractivity contribution >= 4 is 23.3 Å². The van der Waals surface area contributed by atoms with Crippen LogP contribution in [0.15, 0.2) is 30.3 Å². The van der Waals surface area contributed by atoms with Gasteiger partial charge in [-0.25, -0.2) is 4.79 Å². The van der Waals surface area contributed by atoms with E-state index < -0.39 is 0 Å². The highest BCUT2D eigenvalue weighted by atomic mass is 35.5. The fraction of sp³-hybridized carbons (Fsp3) is 0.300. The number of alkyl halides is 1. The van der Waals surface area contributed by atoms with Crippen LogP contribution in [-0.2, 0) is 0 Å². The fourth-order valence-electron chi connectivity index (χ4n) is 1.08. The molecule has 1 aromatic carbocycles. The van der Waals surface area contributed by atoms with Gasteiger partial charge >= 0.3 is 6.03 Å². The molecule has 1 rings (SSSR count). The van der Waals surface area contributed by atoms with E-state index in [-0.39, 0.29) is 12.0 Å². The van der Waals surface area contributed by atoms with Crippen molar-refractivity contribution in [3.05, 3.63) is 30.3 Å². The Morgan fingerprint density at radius 2 is 1.86 bits per heavy atom. The van der Waals surface area contributed by atoms with Crippen molar-refractivity contribution in [1.82, 2.24) is 4.90 Å². The normalized spacial score (nSPS) is 9.64. The van der Waals surface area contributed by atoms with Crippen molar-refractivity contribution in [2.45, 2.75) is 0 Å². The molecule has 3 nitrogen and oxygen atoms in total. The van der Waals surface area contributed by atoms with Crippen molar-refractivity contribution in [3.63, 3.8) is 0 Å². The van der Waals surface area contributed by atoms with Gasteiger partial charge in [-0.2, -0.15) is 0 Å². The Kier molecular flexibility index (Phi) is 3.77. The lowest BCUT2D eigenvalue weighted by atomic mass is 10.3. The summed E-state index contributed by atoms with van der Waals surface area (Å²) in [6, 6.07) is 9.38. The minimum absolute atomic E-state index is 0.119. The Morgan fingerprint density at radius 3 is 2.29 bits per heavy atom. The molecule has 0 N–H and O–H groups in total. The van der Waals surface area contributed by atoms with Crippen molar-refractivity contribution < 1.29 is 4.79 Å². The van der Waals surface area contributed by atoms with Crippen molar-refractivity contribution in [3.8, 4) is 0 Å². The first-order valence-corrected chi connectivity index (χ1v) is 4.80. The second-order valence-corrected chi connectivity index (χ2v) is 3.30. The number of halogens is 1. The average molecular weight is 213 g/mol. The molecule has 0 fully saturated rings. The largest absolute Gasteiger partial charge is 0.330 e. The molecule has 0 atom stereocenters. The van der Waals surface area contributed by atoms with Crippen LogP contribution >= 0.6 is 11.6 Å². The minimum Gasteiger partial charge on any atom is -0.330 e. The summed E-state index contributed by atoms with van der Waals surface area (Å²) in [7, 11) is 3.40. The Balaban J connectivity index is 2.88. The summed E-state index contributed by atoms with van der Waals surface area (Å²) in [6.07, 6.45) is 0. The molecule has 76 valence electrons. The van der Waals surface area contributed by atoms with E-state index in [9.17, 15) is 4.79 Å². The summed E-state index contributed by atoms with van der Waals surface area (Å²) in [5, 5.41) is 0. The van der Waals surface area contributed by atoms with E-state index in [4.69, 9.17) is 11.6 Å². The van der Waals surface area contributed by atoms with E-state index in [0.29, 0.717) is 0 Å². The van der Waals surface area contributed by atoms with Crippen LogP contribution in [0.4, 0.5) is 10.5 Å². The van der Waals surface area contributed by atoms with Crippen LogP contribution in [0.3, 0.4) is 0 Å². The van der Waals surface area contributed by atoms with Crippen molar-refractivity contribution in [1.29, 1.82) is 0 Å². The zero-order valence-electron chi connectivity index (χ0n) is 8.27. The predicted octanol–water partition coefficient (Wildman–Crippen LogP) is 2.37. The first-order chi connectivity index (χ1) is 6.66. The number of anilines is 1. The van der Waals surface area contributed by atoms with Gasteiger partial charge in [-0.3, -0.25) is 4.90 Å². The van der Waals surface area contributed by atoms with Gasteiger partial charge in [0.05, 0.1) is 0 Å². The minimum atomic E-state index is -0.119. The van der Waals surface area contributed by atoms with Crippen LogP contribution in [0, 0.1) is 0 Å². The van der Waals surface area contributed by atoms with E-state index in [1.807, 2.05) is 30.3 Å². The van der Waals surface area contributed by atoms with Gasteiger partial charge in [-0.15, -0.1) is 11.6 Å². The maximum Gasteiger partial charge on any atom is 0.325 e. The summed E-state index contributed by atoms with van der Waals surface area (Å²) in [4.78, 5) is 14.6. The summed E-state index contributed by atoms with van der Waals surface area (Å²) in [6.45, 7) is 0. The highest BCUT2D eigenvalue weighted by Crippen LogP contribution is 2.14. The second-order valence-electron chi connectivity index (χ2n) is 3.06. The van der Waals surface area contributed by atoms with E-state index in [1.165, 1.54) is 9.80 Å². The monoisotopic (exact) mass is 212 g/mol. The molecule has 0 aliphatic heterocycles. The quantitative estimate of drug-likeness (QED) is 0.546. The van der Waals surface area contributed by atoms with Crippen LogP contribution in [-0.4, -0.2) is 31.0 Å². The fourth-order valence-corrected chi connectivity index (χ4v) is 1.32. The average Bonchev–Trinajstić information content (AvgIpc) is 2.20. The highest BCUT2D eigenvalue weighted by Gasteiger charge is 2.15. The van der Waals surface area contributed by atoms with Gasteiger partial charge in [0.1, 0.15) is 6.00 Å². The molecule has 2 amide bonds. The van der Waals surface area contributed by atoms with Gasteiger partial charge in [0, 0.05) is 19.8 Å². The topological polar surface area (TPSA) is 23.6 Å². The number of nitrogens with zero attached hydrogens (tertiary/aromatic N) is 2. The zero-order chi connectivity index (χ0) is 10.6. The Bertz CT molecular complexity index is 300. The number of hydrogen-bond donors (Lipinski definition) is 0. The lowest BCUT2D eigenvalue weighted by Gasteiger charge is -2.23. The van der Waals surface area contributed by atoms with Gasteiger partial charge in [-0.05, 0) is 12.1 Å². The molecule has 0 aliphatic carbocycles. The van der Waals surface area contributed by atoms with Gasteiger partial charge in [0.25, 0.3) is 0 Å². The molecular formula is C10H13ClN2O. The molecule has 0 radical (unpaired) electrons. The number of carbonyl (C=O) groups excluding carboxylic acids is 1. The van der Waals surface area contributed by atoms with E-state index in [2.05, 4.69) is 0 Å². The summed E-state index contributed by atoms with van der Waals surface area (Å²) >= 11 is 5.72. The molecule has 1 aromatic rings. The van der Waals surface area contributed by atoms with E-state index in [0.717, 1.165) is 5.69 Å². The zero-order valence-corrected chi connectivity index (χ0v) is 9.03. The molecular weight excluding hydrogens is 200 g/mol. The smallest absolute Gasteiger partial charge is 0.325 e. The maximum atomic E-state index is 11.6. The number of amides is 2. The molecule has 0 heterocycles. The molecule has 0 saturated carbocycles. The lowest BCUT2D eigenvalue weighted by Crippen LogP contribution is -2.38. The lowest BCUT2D eigenvalue weighted by molar-refractivity contribution is 0.225. The Hall–Kier alpha value is -1.22. The van der Waals surface area contributed by atoms with Crippen LogP contribution in [0.1, 0.15) is 0 Å². The van der Waals surface area contributed by atoms with Crippen LogP contribution in [0.2, 0.25) is 0 Å². The molecule has 0 aliphatic rings. The molecule has 0 aromatic heterocycles. The Labute approximate surface area is 88.9 Å². The van der Waals surface area contributed by atoms with E-state index in [1.54, 1.807) is 14.1 Å². The number of carbonyl (C=O) groups is 1. The number of hydrogen-bond acceptors (Lipinski definition) is 1. The van der Waals surface area contributed by atoms with Crippen molar-refractivity contribution in [2.24, 2.45) is 0 Å². The third-order valence-corrected chi connectivity index (χ3v) is 2.04. The van der Waals surface area contributed by atoms with E-state index >= 15 is 0 Å². The highest BCUT2D eigenvalue weighted by molar-refractivity contribution is 6.21. The molecule has 0 unspecified atom stereocenters. The molecule has 14 heavy (non-hydrogen) atoms. The first kappa shape index (κ1) is 10.9. The summed E-state index contributed by atoms with van der Waals surface area (Å²) in [5.74, 6) is 0. The SMILES string of the molecule is CN(C)C(=O)N(CCl)c1ccccc1. The van der Waals surface area contributed by atoms with Crippen LogP contribution in [0.25, 0.3) is 0 Å². The first-order valence-electron chi connectivity index (χ1n) is 4.26. The molecule has 0 spiro atoms. The number of para-hydroxylation sites is 1. The second kappa shape index (κ2) is 4.86. The maximum absolute atomic E-state index is 11.6. The van der Waals surface area contributed by atoms with Gasteiger partial charge in [-0.1, -0.05) is 18.2 Å². The number of benzene rings is 1. The van der Waals surface area contributed by atoms with Crippen LogP contribution < -0.4 is 4.90 Å². The standard InChI is InChI=1S/C10H13ClN2O/c1-12(2)10(14)13(8-11)9-6-4-3-5-7-9/h3-7H,8H2,1-2H3. The van der Waals surface area contributed by atoms with Gasteiger partial charge in [0.2, 0.25) is 0 Å². The predicted molar refractivity (Wildman–Crippen MR) is 58.7 cm³/mol. The summed E-state index contributed by atoms with van der Waals surface area (Å²) < 4.78 is 0. The molecule has 4 heteroatoms. The number of urea groups is 1. The third kappa shape index (κ3) is 2.39. The number of rotatable bonds is 2. The molecule has 0 saturated heterocycles. The Morgan fingerprint density at radius 1 is 1.29 bits per heavy atom. The van der Waals surface area contributed by atoms with Gasteiger partial charge < -0.3 is 4.90 Å². The third-order valence-electron chi connectivity index (χ3n) is 1.80. The van der Waals surface area contributed by atoms with Gasteiger partial charge in [0.15, 0.2) is 0 Å². The van der Waals surface area contributed by atoms with Crippen LogP contribution in [0.5, 0.6) is 0 Å². The van der Waals surface area contributed by atoms with Crippen molar-refractivity contribution in [2.75, 3.05) is 25.0 Å².